The van der Waals surface area contributed by atoms with Crippen LogP contribution in [0.5, 0.6) is 0 Å². The van der Waals surface area contributed by atoms with Crippen LogP contribution in [-0.4, -0.2) is 90.7 Å². The highest BCUT2D eigenvalue weighted by atomic mass is 16.6. The summed E-state index contributed by atoms with van der Waals surface area (Å²) in [6.07, 6.45) is -3.35. The van der Waals surface area contributed by atoms with Crippen molar-refractivity contribution in [2.45, 2.75) is 83.1 Å². The molecular formula is C41H43NO11. The average Bonchev–Trinajstić information content (AvgIpc) is 3.41. The van der Waals surface area contributed by atoms with Gasteiger partial charge in [0.05, 0.1) is 28.5 Å². The zero-order valence-corrected chi connectivity index (χ0v) is 30.3. The molecule has 0 radical (unpaired) electrons. The summed E-state index contributed by atoms with van der Waals surface area (Å²) in [5, 5.41) is 0. The number of ether oxygens (including phenoxy) is 5. The Kier molecular flexibility index (Phi) is 8.03. The topological polar surface area (TPSA) is 152 Å². The zero-order chi connectivity index (χ0) is 37.8. The van der Waals surface area contributed by atoms with Gasteiger partial charge in [-0.3, -0.25) is 19.3 Å². The minimum Gasteiger partial charge on any atom is -0.461 e. The zero-order valence-electron chi connectivity index (χ0n) is 30.3. The van der Waals surface area contributed by atoms with Gasteiger partial charge in [-0.15, -0.1) is 0 Å². The summed E-state index contributed by atoms with van der Waals surface area (Å²) < 4.78 is 31.7. The highest BCUT2D eigenvalue weighted by Gasteiger charge is 2.94. The molecule has 2 aromatic rings. The van der Waals surface area contributed by atoms with E-state index in [0.717, 1.165) is 6.29 Å². The van der Waals surface area contributed by atoms with Crippen LogP contribution >= 0.6 is 0 Å². The Morgan fingerprint density at radius 2 is 1.32 bits per heavy atom. The maximum Gasteiger partial charge on any atom is 0.338 e. The summed E-state index contributed by atoms with van der Waals surface area (Å²) >= 11 is 0. The Morgan fingerprint density at radius 3 is 1.87 bits per heavy atom. The molecule has 8 aliphatic rings. The van der Waals surface area contributed by atoms with E-state index in [1.807, 2.05) is 14.0 Å². The largest absolute Gasteiger partial charge is 0.461 e. The first-order valence-electron chi connectivity index (χ1n) is 18.1. The first-order valence-corrected chi connectivity index (χ1v) is 18.1. The van der Waals surface area contributed by atoms with Crippen LogP contribution in [0.3, 0.4) is 0 Å². The van der Waals surface area contributed by atoms with Crippen LogP contribution in [0.25, 0.3) is 0 Å². The van der Waals surface area contributed by atoms with E-state index in [-0.39, 0.29) is 12.8 Å². The van der Waals surface area contributed by atoms with Crippen molar-refractivity contribution in [1.82, 2.24) is 4.90 Å². The maximum atomic E-state index is 14.0. The molecule has 2 heterocycles. The van der Waals surface area contributed by atoms with Gasteiger partial charge in [-0.2, -0.15) is 0 Å². The number of rotatable bonds is 8. The lowest BCUT2D eigenvalue weighted by Gasteiger charge is -2.70. The van der Waals surface area contributed by atoms with Gasteiger partial charge in [-0.25, -0.2) is 9.59 Å². The lowest BCUT2D eigenvalue weighted by molar-refractivity contribution is -0.302. The Morgan fingerprint density at radius 1 is 0.755 bits per heavy atom. The fraction of sp³-hybridized carbons (Fsp3) is 0.512. The molecule has 0 unspecified atom stereocenters. The van der Waals surface area contributed by atoms with Gasteiger partial charge in [0.1, 0.15) is 36.8 Å². The van der Waals surface area contributed by atoms with E-state index in [0.29, 0.717) is 16.7 Å². The Hall–Kier alpha value is -4.84. The van der Waals surface area contributed by atoms with Crippen LogP contribution < -0.4 is 0 Å². The third-order valence-corrected chi connectivity index (χ3v) is 13.5. The van der Waals surface area contributed by atoms with E-state index in [4.69, 9.17) is 23.7 Å². The van der Waals surface area contributed by atoms with Crippen LogP contribution in [0.2, 0.25) is 0 Å². The van der Waals surface area contributed by atoms with Crippen LogP contribution in [0.4, 0.5) is 0 Å². The van der Waals surface area contributed by atoms with Gasteiger partial charge < -0.3 is 28.5 Å². The number of fused-ring (bicyclic) bond motifs is 1. The van der Waals surface area contributed by atoms with Crippen LogP contribution in [-0.2, 0) is 42.9 Å². The van der Waals surface area contributed by atoms with Crippen molar-refractivity contribution in [3.63, 3.8) is 0 Å². The SMILES string of the molecule is C=C1[C@H]2[C@@H](OC(=O)c3ccccc3)[C@@H]3[C@H]4N(C)[C@H]5[C@@H](OC(C)=O)[C@]3([C@H]1OC(C)=O)[C@@H]([C@@H]2OC(C)=O)[C@@]41C[C@@H](OC(=O)c2ccccc2)C[C@@](C)(C=O)[C@@H]51. The number of carbonyl (C=O) groups excluding carboxylic acids is 6. The molecule has 10 rings (SSSR count). The fourth-order valence-corrected chi connectivity index (χ4v) is 12.7. The second-order valence-electron chi connectivity index (χ2n) is 16.0. The van der Waals surface area contributed by atoms with Crippen molar-refractivity contribution in [2.24, 2.45) is 39.9 Å². The number of hydrogen-bond acceptors (Lipinski definition) is 12. The number of aldehydes is 1. The van der Waals surface area contributed by atoms with Crippen molar-refractivity contribution >= 4 is 36.1 Å². The van der Waals surface area contributed by atoms with Gasteiger partial charge in [0, 0.05) is 49.5 Å². The number of piperidine rings is 1. The number of carbonyl (C=O) groups is 6. The van der Waals surface area contributed by atoms with E-state index < -0.39 is 112 Å². The van der Waals surface area contributed by atoms with Gasteiger partial charge in [0.2, 0.25) is 0 Å². The van der Waals surface area contributed by atoms with E-state index in [1.165, 1.54) is 20.8 Å². The van der Waals surface area contributed by atoms with Crippen molar-refractivity contribution < 1.29 is 52.5 Å². The molecule has 7 bridgehead atoms. The van der Waals surface area contributed by atoms with Crippen LogP contribution in [0.15, 0.2) is 72.8 Å². The number of benzene rings is 2. The predicted molar refractivity (Wildman–Crippen MR) is 185 cm³/mol. The van der Waals surface area contributed by atoms with Crippen molar-refractivity contribution in [3.05, 3.63) is 83.9 Å². The standard InChI is InChI=1S/C41H43NO11/c1-20-27-30(53-38(48)25-15-11-8-12-16-25)28-34-40-18-26(52-37(47)24-13-9-7-10-14-24)17-39(5,19-43)32(40)29(42(34)6)36(51-23(4)46)41(28,35(20)50-22(3)45)33(40)31(27)49-21(2)44/h7-16,19,26-36H,1,17-18H2,2-6H3/t26-,27-,28+,29+,30+,31+,32+,33-,34+,35-,36+,39-,40-,41-/m0/s1. The molecule has 2 saturated heterocycles. The van der Waals surface area contributed by atoms with Gasteiger partial charge in [-0.05, 0) is 55.6 Å². The molecule has 8 fully saturated rings. The summed E-state index contributed by atoms with van der Waals surface area (Å²) in [4.78, 5) is 82.6. The van der Waals surface area contributed by atoms with Gasteiger partial charge in [0.15, 0.2) is 0 Å². The molecule has 53 heavy (non-hydrogen) atoms. The fourth-order valence-electron chi connectivity index (χ4n) is 12.7. The van der Waals surface area contributed by atoms with E-state index >= 15 is 0 Å². The maximum absolute atomic E-state index is 14.0. The van der Waals surface area contributed by atoms with E-state index in [2.05, 4.69) is 11.5 Å². The van der Waals surface area contributed by atoms with Crippen molar-refractivity contribution in [2.75, 3.05) is 7.05 Å². The lowest BCUT2D eigenvalue weighted by atomic mass is 9.37. The van der Waals surface area contributed by atoms with Crippen molar-refractivity contribution in [1.29, 1.82) is 0 Å². The van der Waals surface area contributed by atoms with E-state index in [1.54, 1.807) is 60.7 Å². The summed E-state index contributed by atoms with van der Waals surface area (Å²) in [5.74, 6) is -5.59. The summed E-state index contributed by atoms with van der Waals surface area (Å²) in [7, 11) is 1.91. The van der Waals surface area contributed by atoms with Crippen LogP contribution in [0, 0.1) is 39.9 Å². The molecule has 12 nitrogen and oxygen atoms in total. The third kappa shape index (κ3) is 4.63. The van der Waals surface area contributed by atoms with Gasteiger partial charge in [-0.1, -0.05) is 49.9 Å². The summed E-state index contributed by atoms with van der Waals surface area (Å²) in [5.41, 5.74) is -2.31. The summed E-state index contributed by atoms with van der Waals surface area (Å²) in [6, 6.07) is 16.1. The third-order valence-electron chi connectivity index (χ3n) is 13.5. The van der Waals surface area contributed by atoms with Crippen molar-refractivity contribution in [3.8, 4) is 0 Å². The number of esters is 5. The highest BCUT2D eigenvalue weighted by molar-refractivity contribution is 5.90. The first kappa shape index (κ1) is 35.2. The smallest absolute Gasteiger partial charge is 0.338 e. The number of likely N-dealkylation sites (N-methyl/N-ethyl adjacent to an activating group) is 1. The Balaban J connectivity index is 1.37. The molecule has 0 aromatic heterocycles. The molecule has 2 spiro atoms. The molecule has 6 aliphatic carbocycles. The lowest BCUT2D eigenvalue weighted by Crippen LogP contribution is -2.80. The molecule has 0 N–H and O–H groups in total. The minimum atomic E-state index is -1.31. The molecule has 12 heteroatoms. The quantitative estimate of drug-likeness (QED) is 0.168. The average molecular weight is 726 g/mol. The van der Waals surface area contributed by atoms with Crippen LogP contribution in [0.1, 0.15) is 61.3 Å². The van der Waals surface area contributed by atoms with E-state index in [9.17, 15) is 28.8 Å². The normalized spacial score (nSPS) is 41.2. The molecular weight excluding hydrogens is 682 g/mol. The molecule has 14 atom stereocenters. The number of hydrogen-bond donors (Lipinski definition) is 0. The molecule has 2 aliphatic heterocycles. The highest BCUT2D eigenvalue weighted by Crippen LogP contribution is 2.85. The first-order chi connectivity index (χ1) is 25.2. The predicted octanol–water partition coefficient (Wildman–Crippen LogP) is 3.96. The van der Waals surface area contributed by atoms with Gasteiger partial charge >= 0.3 is 29.8 Å². The molecule has 0 amide bonds. The molecule has 278 valence electrons. The second kappa shape index (κ2) is 12.1. The number of nitrogens with zero attached hydrogens (tertiary/aromatic N) is 1. The minimum absolute atomic E-state index is 0.198. The monoisotopic (exact) mass is 725 g/mol. The van der Waals surface area contributed by atoms with Gasteiger partial charge in [0.25, 0.3) is 0 Å². The Bertz CT molecular complexity index is 1920. The molecule has 6 saturated carbocycles. The Labute approximate surface area is 307 Å². The molecule has 2 aromatic carbocycles. The summed E-state index contributed by atoms with van der Waals surface area (Å²) in [6.45, 7) is 10.2. The second-order valence-corrected chi connectivity index (χ2v) is 16.0.